The molecule has 24 heavy (non-hydrogen) atoms. The van der Waals surface area contributed by atoms with Crippen molar-refractivity contribution in [3.8, 4) is 5.69 Å². The van der Waals surface area contributed by atoms with E-state index in [0.29, 0.717) is 4.21 Å². The number of benzene rings is 1. The molecule has 8 heteroatoms. The fourth-order valence-electron chi connectivity index (χ4n) is 2.43. The third kappa shape index (κ3) is 3.46. The van der Waals surface area contributed by atoms with Crippen LogP contribution in [-0.2, 0) is 16.6 Å². The highest BCUT2D eigenvalue weighted by molar-refractivity contribution is 9.11. The standard InChI is InChI=1S/C16H16BrN3O2S2/c1-11-14(10-18-24(21,22)16-9-8-15(17)23-16)12(2)20(19-11)13-6-4-3-5-7-13/h3-9,18H,10H2,1-2H3. The first-order chi connectivity index (χ1) is 11.4. The van der Waals surface area contributed by atoms with Gasteiger partial charge in [0, 0.05) is 17.8 Å². The molecule has 0 atom stereocenters. The molecule has 0 saturated carbocycles. The van der Waals surface area contributed by atoms with E-state index in [0.717, 1.165) is 26.4 Å². The first-order valence-electron chi connectivity index (χ1n) is 7.24. The molecule has 0 aliphatic rings. The van der Waals surface area contributed by atoms with Gasteiger partial charge in [-0.05, 0) is 54.0 Å². The third-order valence-corrected chi connectivity index (χ3v) is 7.21. The molecular formula is C16H16BrN3O2S2. The Hall–Kier alpha value is -1.48. The molecule has 126 valence electrons. The van der Waals surface area contributed by atoms with Crippen molar-refractivity contribution in [2.75, 3.05) is 0 Å². The first kappa shape index (κ1) is 17.3. The Morgan fingerprint density at radius 2 is 1.88 bits per heavy atom. The Morgan fingerprint density at radius 1 is 1.17 bits per heavy atom. The van der Waals surface area contributed by atoms with Gasteiger partial charge in [-0.3, -0.25) is 0 Å². The van der Waals surface area contributed by atoms with Crippen molar-refractivity contribution >= 4 is 37.3 Å². The summed E-state index contributed by atoms with van der Waals surface area (Å²) in [6.45, 7) is 4.04. The summed E-state index contributed by atoms with van der Waals surface area (Å²) in [6.07, 6.45) is 0. The second kappa shape index (κ2) is 6.79. The lowest BCUT2D eigenvalue weighted by Gasteiger charge is -2.07. The van der Waals surface area contributed by atoms with Crippen LogP contribution in [0.2, 0.25) is 0 Å². The van der Waals surface area contributed by atoms with Crippen LogP contribution in [0, 0.1) is 13.8 Å². The lowest BCUT2D eigenvalue weighted by molar-refractivity contribution is 0.583. The first-order valence-corrected chi connectivity index (χ1v) is 10.3. The van der Waals surface area contributed by atoms with Crippen molar-refractivity contribution in [3.05, 3.63) is 63.2 Å². The van der Waals surface area contributed by atoms with Crippen molar-refractivity contribution in [3.63, 3.8) is 0 Å². The van der Waals surface area contributed by atoms with Crippen molar-refractivity contribution in [2.45, 2.75) is 24.6 Å². The highest BCUT2D eigenvalue weighted by Gasteiger charge is 2.19. The quantitative estimate of drug-likeness (QED) is 0.675. The lowest BCUT2D eigenvalue weighted by Crippen LogP contribution is -2.23. The molecule has 1 N–H and O–H groups in total. The molecule has 5 nitrogen and oxygen atoms in total. The summed E-state index contributed by atoms with van der Waals surface area (Å²) in [6, 6.07) is 13.1. The predicted octanol–water partition coefficient (Wildman–Crippen LogP) is 3.79. The molecule has 1 aromatic carbocycles. The second-order valence-electron chi connectivity index (χ2n) is 5.28. The van der Waals surface area contributed by atoms with E-state index < -0.39 is 10.0 Å². The number of thiophene rings is 1. The molecule has 2 aromatic heterocycles. The topological polar surface area (TPSA) is 64.0 Å². The summed E-state index contributed by atoms with van der Waals surface area (Å²) in [5.41, 5.74) is 3.58. The van der Waals surface area contributed by atoms with Gasteiger partial charge in [-0.1, -0.05) is 18.2 Å². The molecule has 0 spiro atoms. The number of hydrogen-bond donors (Lipinski definition) is 1. The van der Waals surface area contributed by atoms with Crippen molar-refractivity contribution in [1.29, 1.82) is 0 Å². The smallest absolute Gasteiger partial charge is 0.238 e. The average molecular weight is 426 g/mol. The van der Waals surface area contributed by atoms with E-state index in [-0.39, 0.29) is 6.54 Å². The van der Waals surface area contributed by atoms with Gasteiger partial charge in [-0.2, -0.15) is 5.10 Å². The van der Waals surface area contributed by atoms with E-state index in [1.54, 1.807) is 12.1 Å². The summed E-state index contributed by atoms with van der Waals surface area (Å²) in [7, 11) is -3.53. The summed E-state index contributed by atoms with van der Waals surface area (Å²) in [5, 5.41) is 4.53. The zero-order chi connectivity index (χ0) is 17.3. The minimum atomic E-state index is -3.53. The number of halogens is 1. The van der Waals surface area contributed by atoms with Crippen LogP contribution in [0.5, 0.6) is 0 Å². The number of nitrogens with one attached hydrogen (secondary N) is 1. The van der Waals surface area contributed by atoms with E-state index in [4.69, 9.17) is 0 Å². The van der Waals surface area contributed by atoms with Gasteiger partial charge >= 0.3 is 0 Å². The maximum absolute atomic E-state index is 12.4. The number of aromatic nitrogens is 2. The molecule has 3 aromatic rings. The van der Waals surface area contributed by atoms with Gasteiger partial charge in [0.15, 0.2) is 0 Å². The average Bonchev–Trinajstić information content (AvgIpc) is 3.11. The van der Waals surface area contributed by atoms with Crippen molar-refractivity contribution < 1.29 is 8.42 Å². The molecule has 0 amide bonds. The minimum absolute atomic E-state index is 0.211. The second-order valence-corrected chi connectivity index (χ2v) is 9.74. The molecular weight excluding hydrogens is 410 g/mol. The van der Waals surface area contributed by atoms with Crippen LogP contribution in [0.15, 0.2) is 50.5 Å². The monoisotopic (exact) mass is 425 g/mol. The number of para-hydroxylation sites is 1. The predicted molar refractivity (Wildman–Crippen MR) is 99.1 cm³/mol. The molecule has 0 saturated heterocycles. The van der Waals surface area contributed by atoms with E-state index in [1.807, 2.05) is 48.9 Å². The maximum atomic E-state index is 12.4. The lowest BCUT2D eigenvalue weighted by atomic mass is 10.2. The fraction of sp³-hybridized carbons (Fsp3) is 0.188. The van der Waals surface area contributed by atoms with Crippen LogP contribution in [0.1, 0.15) is 17.0 Å². The van der Waals surface area contributed by atoms with E-state index in [9.17, 15) is 8.42 Å². The molecule has 0 aliphatic heterocycles. The van der Waals surface area contributed by atoms with Gasteiger partial charge in [-0.25, -0.2) is 17.8 Å². The Kier molecular flexibility index (Phi) is 4.91. The van der Waals surface area contributed by atoms with Gasteiger partial charge in [-0.15, -0.1) is 11.3 Å². The summed E-state index contributed by atoms with van der Waals surface area (Å²) < 4.78 is 30.3. The van der Waals surface area contributed by atoms with Gasteiger partial charge < -0.3 is 0 Å². The van der Waals surface area contributed by atoms with Crippen LogP contribution in [-0.4, -0.2) is 18.2 Å². The summed E-state index contributed by atoms with van der Waals surface area (Å²) in [4.78, 5) is 0. The molecule has 3 rings (SSSR count). The Balaban J connectivity index is 1.85. The maximum Gasteiger partial charge on any atom is 0.250 e. The van der Waals surface area contributed by atoms with Crippen molar-refractivity contribution in [2.24, 2.45) is 0 Å². The van der Waals surface area contributed by atoms with E-state index >= 15 is 0 Å². The van der Waals surface area contributed by atoms with E-state index in [2.05, 4.69) is 25.8 Å². The highest BCUT2D eigenvalue weighted by atomic mass is 79.9. The number of hydrogen-bond acceptors (Lipinski definition) is 4. The summed E-state index contributed by atoms with van der Waals surface area (Å²) in [5.74, 6) is 0. The SMILES string of the molecule is Cc1nn(-c2ccccc2)c(C)c1CNS(=O)(=O)c1ccc(Br)s1. The third-order valence-electron chi connectivity index (χ3n) is 3.69. The largest absolute Gasteiger partial charge is 0.250 e. The molecule has 2 heterocycles. The normalized spacial score (nSPS) is 11.8. The number of aryl methyl sites for hydroxylation is 1. The Morgan fingerprint density at radius 3 is 2.50 bits per heavy atom. The zero-order valence-corrected chi connectivity index (χ0v) is 16.4. The van der Waals surface area contributed by atoms with Crippen LogP contribution >= 0.6 is 27.3 Å². The zero-order valence-electron chi connectivity index (χ0n) is 13.2. The minimum Gasteiger partial charge on any atom is -0.238 e. The molecule has 0 radical (unpaired) electrons. The van der Waals surface area contributed by atoms with Crippen LogP contribution < -0.4 is 4.72 Å². The fourth-order valence-corrected chi connectivity index (χ4v) is 5.48. The molecule has 0 bridgehead atoms. The van der Waals surface area contributed by atoms with Crippen LogP contribution in [0.3, 0.4) is 0 Å². The van der Waals surface area contributed by atoms with E-state index in [1.165, 1.54) is 11.3 Å². The number of nitrogens with zero attached hydrogens (tertiary/aromatic N) is 2. The molecule has 0 unspecified atom stereocenters. The Labute approximate surface area is 153 Å². The number of sulfonamides is 1. The number of rotatable bonds is 5. The summed E-state index contributed by atoms with van der Waals surface area (Å²) >= 11 is 4.47. The van der Waals surface area contributed by atoms with Gasteiger partial charge in [0.2, 0.25) is 10.0 Å². The Bertz CT molecular complexity index is 963. The van der Waals surface area contributed by atoms with Crippen molar-refractivity contribution in [1.82, 2.24) is 14.5 Å². The molecule has 0 fully saturated rings. The van der Waals surface area contributed by atoms with Crippen LogP contribution in [0.4, 0.5) is 0 Å². The molecule has 0 aliphatic carbocycles. The van der Waals surface area contributed by atoms with Gasteiger partial charge in [0.05, 0.1) is 15.2 Å². The van der Waals surface area contributed by atoms with Gasteiger partial charge in [0.25, 0.3) is 0 Å². The van der Waals surface area contributed by atoms with Crippen LogP contribution in [0.25, 0.3) is 5.69 Å². The van der Waals surface area contributed by atoms with Gasteiger partial charge in [0.1, 0.15) is 4.21 Å². The highest BCUT2D eigenvalue weighted by Crippen LogP contribution is 2.26.